The Balaban J connectivity index is 2.77. The van der Waals surface area contributed by atoms with E-state index in [-0.39, 0.29) is 17.6 Å². The van der Waals surface area contributed by atoms with Crippen LogP contribution >= 0.6 is 11.6 Å². The highest BCUT2D eigenvalue weighted by Gasteiger charge is 2.26. The SMILES string of the molecule is CC(=O)C(C(=O)Nc1ccc(Cl)cc1)C(C)C. The fourth-order valence-corrected chi connectivity index (χ4v) is 1.84. The van der Waals surface area contributed by atoms with E-state index in [1.807, 2.05) is 13.8 Å². The van der Waals surface area contributed by atoms with Crippen LogP contribution in [0.3, 0.4) is 0 Å². The van der Waals surface area contributed by atoms with Crippen molar-refractivity contribution in [1.82, 2.24) is 0 Å². The Morgan fingerprint density at radius 2 is 1.71 bits per heavy atom. The second-order valence-electron chi connectivity index (χ2n) is 4.33. The molecule has 0 radical (unpaired) electrons. The molecular formula is C13H16ClNO2. The number of amides is 1. The third-order valence-corrected chi connectivity index (χ3v) is 2.75. The molecule has 17 heavy (non-hydrogen) atoms. The van der Waals surface area contributed by atoms with Gasteiger partial charge in [0.05, 0.1) is 5.92 Å². The predicted molar refractivity (Wildman–Crippen MR) is 69.1 cm³/mol. The first-order chi connectivity index (χ1) is 7.91. The maximum atomic E-state index is 11.9. The van der Waals surface area contributed by atoms with Gasteiger partial charge in [-0.2, -0.15) is 0 Å². The average molecular weight is 254 g/mol. The molecule has 1 aromatic rings. The van der Waals surface area contributed by atoms with Crippen LogP contribution in [0.15, 0.2) is 24.3 Å². The molecule has 1 unspecified atom stereocenters. The van der Waals surface area contributed by atoms with Gasteiger partial charge >= 0.3 is 0 Å². The number of hydrogen-bond donors (Lipinski definition) is 1. The van der Waals surface area contributed by atoms with Crippen LogP contribution in [-0.4, -0.2) is 11.7 Å². The summed E-state index contributed by atoms with van der Waals surface area (Å²) >= 11 is 5.74. The molecule has 1 N–H and O–H groups in total. The first-order valence-corrected chi connectivity index (χ1v) is 5.86. The molecule has 1 aromatic carbocycles. The molecule has 1 atom stereocenters. The normalized spacial score (nSPS) is 12.3. The molecule has 1 amide bonds. The van der Waals surface area contributed by atoms with Gasteiger partial charge in [-0.05, 0) is 37.1 Å². The highest BCUT2D eigenvalue weighted by atomic mass is 35.5. The Bertz CT molecular complexity index is 412. The van der Waals surface area contributed by atoms with Gasteiger partial charge in [0, 0.05) is 10.7 Å². The van der Waals surface area contributed by atoms with Gasteiger partial charge in [-0.3, -0.25) is 9.59 Å². The van der Waals surface area contributed by atoms with Crippen molar-refractivity contribution in [2.75, 3.05) is 5.32 Å². The van der Waals surface area contributed by atoms with Crippen molar-refractivity contribution in [3.63, 3.8) is 0 Å². The van der Waals surface area contributed by atoms with Crippen LogP contribution in [0.4, 0.5) is 5.69 Å². The van der Waals surface area contributed by atoms with Gasteiger partial charge in [0.2, 0.25) is 5.91 Å². The molecule has 0 saturated heterocycles. The van der Waals surface area contributed by atoms with Crippen molar-refractivity contribution in [3.05, 3.63) is 29.3 Å². The molecule has 0 aliphatic carbocycles. The van der Waals surface area contributed by atoms with Crippen LogP contribution in [0.25, 0.3) is 0 Å². The van der Waals surface area contributed by atoms with Gasteiger partial charge in [0.1, 0.15) is 5.78 Å². The lowest BCUT2D eigenvalue weighted by atomic mass is 9.91. The maximum Gasteiger partial charge on any atom is 0.235 e. The van der Waals surface area contributed by atoms with Crippen LogP contribution in [-0.2, 0) is 9.59 Å². The molecule has 0 aliphatic heterocycles. The lowest BCUT2D eigenvalue weighted by molar-refractivity contribution is -0.131. The topological polar surface area (TPSA) is 46.2 Å². The van der Waals surface area contributed by atoms with Crippen molar-refractivity contribution in [2.24, 2.45) is 11.8 Å². The third-order valence-electron chi connectivity index (χ3n) is 2.50. The minimum atomic E-state index is -0.606. The maximum absolute atomic E-state index is 11.9. The monoisotopic (exact) mass is 253 g/mol. The molecular weight excluding hydrogens is 238 g/mol. The van der Waals surface area contributed by atoms with Crippen LogP contribution in [0.5, 0.6) is 0 Å². The quantitative estimate of drug-likeness (QED) is 0.838. The van der Waals surface area contributed by atoms with Crippen LogP contribution < -0.4 is 5.32 Å². The number of ketones is 1. The minimum Gasteiger partial charge on any atom is -0.325 e. The van der Waals surface area contributed by atoms with E-state index in [0.29, 0.717) is 10.7 Å². The number of carbonyl (C=O) groups excluding carboxylic acids is 2. The molecule has 4 heteroatoms. The van der Waals surface area contributed by atoms with Crippen molar-refractivity contribution < 1.29 is 9.59 Å². The Morgan fingerprint density at radius 3 is 2.12 bits per heavy atom. The molecule has 1 rings (SSSR count). The van der Waals surface area contributed by atoms with E-state index >= 15 is 0 Å². The van der Waals surface area contributed by atoms with E-state index in [2.05, 4.69) is 5.32 Å². The fraction of sp³-hybridized carbons (Fsp3) is 0.385. The van der Waals surface area contributed by atoms with Crippen molar-refractivity contribution >= 4 is 29.0 Å². The van der Waals surface area contributed by atoms with Crippen LogP contribution in [0, 0.1) is 11.8 Å². The highest BCUT2D eigenvalue weighted by Crippen LogP contribution is 2.17. The molecule has 0 fully saturated rings. The zero-order valence-electron chi connectivity index (χ0n) is 10.2. The molecule has 0 aliphatic rings. The first-order valence-electron chi connectivity index (χ1n) is 5.48. The van der Waals surface area contributed by atoms with Crippen molar-refractivity contribution in [3.8, 4) is 0 Å². The number of nitrogens with one attached hydrogen (secondary N) is 1. The summed E-state index contributed by atoms with van der Waals surface area (Å²) in [5.41, 5.74) is 0.645. The second kappa shape index (κ2) is 5.82. The number of hydrogen-bond acceptors (Lipinski definition) is 2. The predicted octanol–water partition coefficient (Wildman–Crippen LogP) is 3.14. The lowest BCUT2D eigenvalue weighted by Gasteiger charge is -2.17. The number of carbonyl (C=O) groups is 2. The number of Topliss-reactive ketones (excluding diaryl/α,β-unsaturated/α-hetero) is 1. The second-order valence-corrected chi connectivity index (χ2v) is 4.76. The number of rotatable bonds is 4. The summed E-state index contributed by atoms with van der Waals surface area (Å²) < 4.78 is 0. The largest absolute Gasteiger partial charge is 0.325 e. The van der Waals surface area contributed by atoms with Gasteiger partial charge in [0.15, 0.2) is 0 Å². The Kier molecular flexibility index (Phi) is 4.70. The highest BCUT2D eigenvalue weighted by molar-refractivity contribution is 6.30. The van der Waals surface area contributed by atoms with Gasteiger partial charge in [-0.25, -0.2) is 0 Å². The summed E-state index contributed by atoms with van der Waals surface area (Å²) in [5.74, 6) is -1.01. The fourth-order valence-electron chi connectivity index (χ4n) is 1.71. The van der Waals surface area contributed by atoms with Gasteiger partial charge in [-0.1, -0.05) is 25.4 Å². The molecule has 3 nitrogen and oxygen atoms in total. The number of anilines is 1. The van der Waals surface area contributed by atoms with Crippen LogP contribution in [0.1, 0.15) is 20.8 Å². The van der Waals surface area contributed by atoms with Crippen molar-refractivity contribution in [1.29, 1.82) is 0 Å². The molecule has 0 aromatic heterocycles. The molecule has 0 bridgehead atoms. The average Bonchev–Trinajstić information content (AvgIpc) is 2.20. The zero-order valence-corrected chi connectivity index (χ0v) is 10.9. The molecule has 92 valence electrons. The van der Waals surface area contributed by atoms with E-state index in [1.165, 1.54) is 6.92 Å². The van der Waals surface area contributed by atoms with E-state index in [1.54, 1.807) is 24.3 Å². The Hall–Kier alpha value is -1.35. The van der Waals surface area contributed by atoms with E-state index in [4.69, 9.17) is 11.6 Å². The standard InChI is InChI=1S/C13H16ClNO2/c1-8(2)12(9(3)16)13(17)15-11-6-4-10(14)5-7-11/h4-8,12H,1-3H3,(H,15,17). The Labute approximate surface area is 106 Å². The minimum absolute atomic E-state index is 0.0141. The molecule has 0 spiro atoms. The molecule has 0 heterocycles. The first kappa shape index (κ1) is 13.7. The van der Waals surface area contributed by atoms with E-state index < -0.39 is 5.92 Å². The summed E-state index contributed by atoms with van der Waals surface area (Å²) in [6.07, 6.45) is 0. The summed E-state index contributed by atoms with van der Waals surface area (Å²) in [5, 5.41) is 3.32. The summed E-state index contributed by atoms with van der Waals surface area (Å²) in [7, 11) is 0. The van der Waals surface area contributed by atoms with Crippen LogP contribution in [0.2, 0.25) is 5.02 Å². The summed E-state index contributed by atoms with van der Waals surface area (Å²) in [6, 6.07) is 6.79. The zero-order chi connectivity index (χ0) is 13.0. The van der Waals surface area contributed by atoms with Gasteiger partial charge in [-0.15, -0.1) is 0 Å². The Morgan fingerprint density at radius 1 is 1.18 bits per heavy atom. The van der Waals surface area contributed by atoms with Gasteiger partial charge < -0.3 is 5.32 Å². The van der Waals surface area contributed by atoms with Crippen molar-refractivity contribution in [2.45, 2.75) is 20.8 Å². The van der Waals surface area contributed by atoms with Gasteiger partial charge in [0.25, 0.3) is 0 Å². The van der Waals surface area contributed by atoms with E-state index in [0.717, 1.165) is 0 Å². The summed E-state index contributed by atoms with van der Waals surface area (Å²) in [4.78, 5) is 23.3. The molecule has 0 saturated carbocycles. The third kappa shape index (κ3) is 3.86. The summed E-state index contributed by atoms with van der Waals surface area (Å²) in [6.45, 7) is 5.15. The van der Waals surface area contributed by atoms with E-state index in [9.17, 15) is 9.59 Å². The number of benzene rings is 1. The lowest BCUT2D eigenvalue weighted by Crippen LogP contribution is -2.32. The number of halogens is 1. The smallest absolute Gasteiger partial charge is 0.235 e.